The number of benzene rings is 2. The van der Waals surface area contributed by atoms with Crippen molar-refractivity contribution < 1.29 is 14.9 Å². The third kappa shape index (κ3) is 7.67. The lowest BCUT2D eigenvalue weighted by Gasteiger charge is -2.36. The Bertz CT molecular complexity index is 902. The van der Waals surface area contributed by atoms with Crippen LogP contribution in [0.3, 0.4) is 0 Å². The zero-order chi connectivity index (χ0) is 20.6. The van der Waals surface area contributed by atoms with E-state index in [1.165, 1.54) is 5.56 Å². The van der Waals surface area contributed by atoms with Crippen LogP contribution in [0.15, 0.2) is 47.5 Å². The van der Waals surface area contributed by atoms with Crippen molar-refractivity contribution in [3.63, 3.8) is 0 Å². The molecule has 3 rings (SSSR count). The Balaban J connectivity index is 0.00000320. The number of piperazine rings is 1. The minimum Gasteiger partial charge on any atom is -0.493 e. The third-order valence-corrected chi connectivity index (χ3v) is 5.66. The van der Waals surface area contributed by atoms with Crippen LogP contribution in [0.5, 0.6) is 11.5 Å². The summed E-state index contributed by atoms with van der Waals surface area (Å²) in [6, 6.07) is 16.2. The van der Waals surface area contributed by atoms with Gasteiger partial charge >= 0.3 is 0 Å². The van der Waals surface area contributed by atoms with Crippen molar-refractivity contribution in [1.29, 1.82) is 5.26 Å². The molecule has 0 atom stereocenters. The molecule has 2 N–H and O–H groups in total. The molecular formula is C22H29Cl2IN4O3. The monoisotopic (exact) mass is 594 g/mol. The number of alkyl halides is 1. The molecule has 0 radical (unpaired) electrons. The number of nitriles is 1. The quantitative estimate of drug-likeness (QED) is 0.219. The fraction of sp³-hybridized carbons (Fsp3) is 0.364. The molecule has 0 spiro atoms. The normalized spacial score (nSPS) is 13.7. The summed E-state index contributed by atoms with van der Waals surface area (Å²) < 4.78 is 11.5. The van der Waals surface area contributed by atoms with Crippen molar-refractivity contribution in [2.75, 3.05) is 44.8 Å². The number of amidine groups is 1. The number of hydrogen-bond donors (Lipinski definition) is 0. The molecule has 176 valence electrons. The number of halogens is 3. The van der Waals surface area contributed by atoms with Gasteiger partial charge in [0.15, 0.2) is 11.5 Å². The number of aliphatic imine (C=N–C) groups is 1. The average Bonchev–Trinajstić information content (AvgIpc) is 2.78. The summed E-state index contributed by atoms with van der Waals surface area (Å²) in [7, 11) is 3.15. The summed E-state index contributed by atoms with van der Waals surface area (Å²) in [5.74, 6) is 2.09. The average molecular weight is 595 g/mol. The standard InChI is InChI=1S/C22H25IN4O2.2ClH.H2O/c1-28-20-12-18(15-24)19(13-21(20)29-2)25-22(14-23)27-10-8-26(9-11-27)16-17-6-4-3-5-7-17;;;/h3-7,12-13H,8-11,14,16H2,1-2H3;2*1H;1H2. The molecular weight excluding hydrogens is 566 g/mol. The molecule has 0 saturated carbocycles. The fourth-order valence-corrected chi connectivity index (χ4v) is 4.03. The van der Waals surface area contributed by atoms with Gasteiger partial charge in [0, 0.05) is 44.9 Å². The largest absolute Gasteiger partial charge is 0.493 e. The highest BCUT2D eigenvalue weighted by atomic mass is 127. The molecule has 1 saturated heterocycles. The number of methoxy groups -OCH3 is 2. The molecule has 0 aromatic heterocycles. The van der Waals surface area contributed by atoms with Crippen molar-refractivity contribution in [3.05, 3.63) is 53.6 Å². The van der Waals surface area contributed by atoms with Gasteiger partial charge in [-0.05, 0) is 5.56 Å². The first-order valence-corrected chi connectivity index (χ1v) is 11.0. The molecule has 1 aliphatic heterocycles. The van der Waals surface area contributed by atoms with Crippen LogP contribution in [0.1, 0.15) is 11.1 Å². The van der Waals surface area contributed by atoms with Gasteiger partial charge in [-0.15, -0.1) is 24.8 Å². The van der Waals surface area contributed by atoms with Crippen molar-refractivity contribution in [2.24, 2.45) is 4.99 Å². The van der Waals surface area contributed by atoms with Gasteiger partial charge in [0.2, 0.25) is 0 Å². The molecule has 0 amide bonds. The zero-order valence-corrected chi connectivity index (χ0v) is 21.9. The Morgan fingerprint density at radius 1 is 1.03 bits per heavy atom. The second-order valence-electron chi connectivity index (χ2n) is 6.75. The highest BCUT2D eigenvalue weighted by Crippen LogP contribution is 2.34. The van der Waals surface area contributed by atoms with Crippen LogP contribution in [-0.4, -0.2) is 65.9 Å². The maximum absolute atomic E-state index is 9.54. The van der Waals surface area contributed by atoms with Gasteiger partial charge in [-0.3, -0.25) is 4.90 Å². The number of nitrogens with zero attached hydrogens (tertiary/aromatic N) is 4. The highest BCUT2D eigenvalue weighted by molar-refractivity contribution is 14.1. The zero-order valence-electron chi connectivity index (χ0n) is 18.1. The summed E-state index contributed by atoms with van der Waals surface area (Å²) in [6.07, 6.45) is 0. The van der Waals surface area contributed by atoms with E-state index in [0.717, 1.165) is 43.0 Å². The third-order valence-electron chi connectivity index (χ3n) is 4.98. The van der Waals surface area contributed by atoms with Gasteiger partial charge in [-0.25, -0.2) is 4.99 Å². The van der Waals surface area contributed by atoms with E-state index in [4.69, 9.17) is 14.5 Å². The smallest absolute Gasteiger partial charge is 0.162 e. The maximum atomic E-state index is 9.54. The lowest BCUT2D eigenvalue weighted by Crippen LogP contribution is -2.48. The molecule has 32 heavy (non-hydrogen) atoms. The minimum atomic E-state index is 0. The van der Waals surface area contributed by atoms with Crippen molar-refractivity contribution >= 4 is 58.9 Å². The van der Waals surface area contributed by atoms with Crippen LogP contribution in [0.25, 0.3) is 0 Å². The lowest BCUT2D eigenvalue weighted by molar-refractivity contribution is 0.175. The molecule has 0 bridgehead atoms. The first kappa shape index (κ1) is 30.2. The van der Waals surface area contributed by atoms with E-state index in [2.05, 4.69) is 62.7 Å². The molecule has 1 aliphatic rings. The second kappa shape index (κ2) is 15.1. The Morgan fingerprint density at radius 2 is 1.62 bits per heavy atom. The first-order valence-electron chi connectivity index (χ1n) is 9.49. The number of hydrogen-bond acceptors (Lipinski definition) is 5. The summed E-state index contributed by atoms with van der Waals surface area (Å²) in [6.45, 7) is 4.79. The second-order valence-corrected chi connectivity index (χ2v) is 7.51. The first-order chi connectivity index (χ1) is 14.2. The fourth-order valence-electron chi connectivity index (χ4n) is 3.38. The van der Waals surface area contributed by atoms with Crippen LogP contribution in [-0.2, 0) is 6.54 Å². The van der Waals surface area contributed by atoms with E-state index in [9.17, 15) is 5.26 Å². The van der Waals surface area contributed by atoms with Crippen molar-refractivity contribution in [2.45, 2.75) is 6.54 Å². The summed E-state index contributed by atoms with van der Waals surface area (Å²) in [5, 5.41) is 9.54. The van der Waals surface area contributed by atoms with Crippen LogP contribution in [0, 0.1) is 11.3 Å². The topological polar surface area (TPSA) is 92.6 Å². The highest BCUT2D eigenvalue weighted by Gasteiger charge is 2.20. The van der Waals surface area contributed by atoms with Gasteiger partial charge < -0.3 is 19.8 Å². The van der Waals surface area contributed by atoms with Gasteiger partial charge in [0.1, 0.15) is 11.9 Å². The molecule has 7 nitrogen and oxygen atoms in total. The lowest BCUT2D eigenvalue weighted by atomic mass is 10.1. The Morgan fingerprint density at radius 3 is 2.16 bits per heavy atom. The summed E-state index contributed by atoms with van der Waals surface area (Å²) in [4.78, 5) is 9.60. The number of rotatable bonds is 6. The van der Waals surface area contributed by atoms with E-state index in [1.807, 2.05) is 6.07 Å². The molecule has 2 aromatic carbocycles. The predicted octanol–water partition coefficient (Wildman–Crippen LogP) is 3.88. The van der Waals surface area contributed by atoms with E-state index < -0.39 is 0 Å². The van der Waals surface area contributed by atoms with Crippen molar-refractivity contribution in [1.82, 2.24) is 9.80 Å². The van der Waals surface area contributed by atoms with Gasteiger partial charge in [-0.1, -0.05) is 52.9 Å². The van der Waals surface area contributed by atoms with Crippen LogP contribution in [0.4, 0.5) is 5.69 Å². The van der Waals surface area contributed by atoms with Crippen LogP contribution < -0.4 is 9.47 Å². The molecule has 2 aromatic rings. The van der Waals surface area contributed by atoms with Crippen LogP contribution >= 0.6 is 47.4 Å². The Hall–Kier alpha value is -1.77. The predicted molar refractivity (Wildman–Crippen MR) is 142 cm³/mol. The summed E-state index contributed by atoms with van der Waals surface area (Å²) in [5.41, 5.74) is 2.43. The number of ether oxygens (including phenoxy) is 2. The van der Waals surface area contributed by atoms with E-state index in [0.29, 0.717) is 22.7 Å². The maximum Gasteiger partial charge on any atom is 0.162 e. The van der Waals surface area contributed by atoms with Gasteiger partial charge in [0.05, 0.1) is 29.9 Å². The molecule has 0 unspecified atom stereocenters. The SMILES string of the molecule is COc1cc(C#N)c(N=C(CI)N2CCN(Cc3ccccc3)CC2)cc1OC.Cl.Cl.O. The van der Waals surface area contributed by atoms with E-state index in [-0.39, 0.29) is 30.3 Å². The van der Waals surface area contributed by atoms with Gasteiger partial charge in [-0.2, -0.15) is 5.26 Å². The van der Waals surface area contributed by atoms with E-state index >= 15 is 0 Å². The van der Waals surface area contributed by atoms with Gasteiger partial charge in [0.25, 0.3) is 0 Å². The molecule has 1 fully saturated rings. The van der Waals surface area contributed by atoms with Crippen molar-refractivity contribution in [3.8, 4) is 17.6 Å². The Kier molecular flexibility index (Phi) is 14.3. The molecule has 10 heteroatoms. The minimum absolute atomic E-state index is 0. The summed E-state index contributed by atoms with van der Waals surface area (Å²) >= 11 is 2.33. The molecule has 0 aliphatic carbocycles. The van der Waals surface area contributed by atoms with Crippen LogP contribution in [0.2, 0.25) is 0 Å². The van der Waals surface area contributed by atoms with E-state index in [1.54, 1.807) is 26.4 Å². The Labute approximate surface area is 215 Å². The molecule has 1 heterocycles.